The molecule has 0 aliphatic heterocycles. The predicted molar refractivity (Wildman–Crippen MR) is 64.8 cm³/mol. The average molecular weight is 224 g/mol. The van der Waals surface area contributed by atoms with Gasteiger partial charge in [0.15, 0.2) is 0 Å². The largest absolute Gasteiger partial charge is 0.383 e. The van der Waals surface area contributed by atoms with E-state index in [9.17, 15) is 0 Å². The number of anilines is 1. The van der Waals surface area contributed by atoms with Crippen molar-refractivity contribution in [3.8, 4) is 0 Å². The molecule has 0 saturated carbocycles. The normalized spacial score (nSPS) is 10.4. The number of nitrogens with zero attached hydrogens (tertiary/aromatic N) is 3. The molecule has 0 unspecified atom stereocenters. The van der Waals surface area contributed by atoms with Crippen molar-refractivity contribution in [2.45, 2.75) is 6.92 Å². The van der Waals surface area contributed by atoms with E-state index in [2.05, 4.69) is 20.2 Å². The Balaban J connectivity index is 2.27. The van der Waals surface area contributed by atoms with E-state index in [-0.39, 0.29) is 0 Å². The predicted octanol–water partition coefficient (Wildman–Crippen LogP) is 0.457. The van der Waals surface area contributed by atoms with Crippen LogP contribution in [0.2, 0.25) is 0 Å². The van der Waals surface area contributed by atoms with Gasteiger partial charge >= 0.3 is 0 Å². The minimum absolute atomic E-state index is 0.746. The van der Waals surface area contributed by atoms with Gasteiger partial charge in [-0.1, -0.05) is 0 Å². The molecule has 0 aliphatic carbocycles. The summed E-state index contributed by atoms with van der Waals surface area (Å²) in [4.78, 5) is 10.4. The third-order valence-corrected chi connectivity index (χ3v) is 2.29. The van der Waals surface area contributed by atoms with Crippen molar-refractivity contribution in [1.82, 2.24) is 15.3 Å². The third-order valence-electron chi connectivity index (χ3n) is 2.29. The minimum Gasteiger partial charge on any atom is -0.383 e. The van der Waals surface area contributed by atoms with Crippen LogP contribution < -0.4 is 10.2 Å². The molecule has 16 heavy (non-hydrogen) atoms. The van der Waals surface area contributed by atoms with Crippen molar-refractivity contribution < 1.29 is 4.74 Å². The quantitative estimate of drug-likeness (QED) is 0.682. The zero-order valence-corrected chi connectivity index (χ0v) is 10.2. The van der Waals surface area contributed by atoms with Gasteiger partial charge in [0, 0.05) is 45.6 Å². The fourth-order valence-electron chi connectivity index (χ4n) is 1.31. The zero-order chi connectivity index (χ0) is 11.8. The van der Waals surface area contributed by atoms with Crippen LogP contribution in [-0.2, 0) is 4.74 Å². The highest BCUT2D eigenvalue weighted by Crippen LogP contribution is 2.07. The summed E-state index contributed by atoms with van der Waals surface area (Å²) in [6.45, 7) is 5.43. The van der Waals surface area contributed by atoms with Gasteiger partial charge < -0.3 is 15.0 Å². The molecule has 0 atom stereocenters. The van der Waals surface area contributed by atoms with Gasteiger partial charge in [0.05, 0.1) is 6.61 Å². The summed E-state index contributed by atoms with van der Waals surface area (Å²) in [5.41, 5.74) is 0.990. The Morgan fingerprint density at radius 2 is 2.19 bits per heavy atom. The number of nitrogens with one attached hydrogen (secondary N) is 1. The Hall–Kier alpha value is -1.20. The van der Waals surface area contributed by atoms with Gasteiger partial charge in [-0.05, 0) is 6.92 Å². The van der Waals surface area contributed by atoms with Gasteiger partial charge in [0.25, 0.3) is 0 Å². The summed E-state index contributed by atoms with van der Waals surface area (Å²) in [5.74, 6) is 0.959. The van der Waals surface area contributed by atoms with Crippen LogP contribution in [-0.4, -0.2) is 50.4 Å². The lowest BCUT2D eigenvalue weighted by atomic mass is 10.4. The molecule has 1 heterocycles. The maximum absolute atomic E-state index is 4.95. The molecule has 1 rings (SSSR count). The molecule has 0 fully saturated rings. The lowest BCUT2D eigenvalue weighted by Crippen LogP contribution is -2.31. The minimum atomic E-state index is 0.746. The molecule has 0 radical (unpaired) electrons. The Kier molecular flexibility index (Phi) is 5.74. The van der Waals surface area contributed by atoms with Gasteiger partial charge in [-0.2, -0.15) is 0 Å². The molecular weight excluding hydrogens is 204 g/mol. The van der Waals surface area contributed by atoms with Crippen molar-refractivity contribution >= 4 is 5.82 Å². The average Bonchev–Trinajstić information content (AvgIpc) is 2.28. The fourth-order valence-corrected chi connectivity index (χ4v) is 1.31. The second-order valence-corrected chi connectivity index (χ2v) is 3.68. The van der Waals surface area contributed by atoms with Gasteiger partial charge in [-0.15, -0.1) is 0 Å². The van der Waals surface area contributed by atoms with Crippen LogP contribution in [0.1, 0.15) is 5.69 Å². The molecule has 5 heteroatoms. The molecule has 0 spiro atoms. The number of aryl methyl sites for hydroxylation is 1. The van der Waals surface area contributed by atoms with E-state index in [1.54, 1.807) is 13.4 Å². The van der Waals surface area contributed by atoms with Crippen LogP contribution in [0.4, 0.5) is 5.82 Å². The third kappa shape index (κ3) is 4.55. The highest BCUT2D eigenvalue weighted by Gasteiger charge is 2.01. The highest BCUT2D eigenvalue weighted by molar-refractivity contribution is 5.37. The van der Waals surface area contributed by atoms with Crippen molar-refractivity contribution in [1.29, 1.82) is 0 Å². The number of methoxy groups -OCH3 is 1. The summed E-state index contributed by atoms with van der Waals surface area (Å²) in [7, 11) is 3.73. The summed E-state index contributed by atoms with van der Waals surface area (Å²) >= 11 is 0. The van der Waals surface area contributed by atoms with E-state index in [4.69, 9.17) is 4.74 Å². The zero-order valence-electron chi connectivity index (χ0n) is 10.2. The molecule has 0 amide bonds. The fraction of sp³-hybridized carbons (Fsp3) is 0.636. The van der Waals surface area contributed by atoms with Crippen LogP contribution in [0.3, 0.4) is 0 Å². The lowest BCUT2D eigenvalue weighted by molar-refractivity contribution is 0.200. The summed E-state index contributed by atoms with van der Waals surface area (Å²) in [6.07, 6.45) is 1.60. The number of rotatable bonds is 7. The van der Waals surface area contributed by atoms with Gasteiger partial charge in [0.1, 0.15) is 12.1 Å². The Labute approximate surface area is 96.8 Å². The van der Waals surface area contributed by atoms with E-state index in [0.29, 0.717) is 0 Å². The van der Waals surface area contributed by atoms with Gasteiger partial charge in [0.2, 0.25) is 0 Å². The van der Waals surface area contributed by atoms with Crippen LogP contribution in [0.15, 0.2) is 12.4 Å². The number of hydrogen-bond acceptors (Lipinski definition) is 5. The van der Waals surface area contributed by atoms with E-state index in [1.807, 2.05) is 20.0 Å². The first-order chi connectivity index (χ1) is 7.74. The molecule has 0 aromatic carbocycles. The topological polar surface area (TPSA) is 50.3 Å². The Morgan fingerprint density at radius 1 is 1.38 bits per heavy atom. The summed E-state index contributed by atoms with van der Waals surface area (Å²) < 4.78 is 4.95. The molecule has 0 saturated heterocycles. The first kappa shape index (κ1) is 12.9. The second kappa shape index (κ2) is 7.14. The molecule has 90 valence electrons. The number of aromatic nitrogens is 2. The van der Waals surface area contributed by atoms with E-state index < -0.39 is 0 Å². The molecule has 0 aliphatic rings. The van der Waals surface area contributed by atoms with Crippen LogP contribution >= 0.6 is 0 Å². The highest BCUT2D eigenvalue weighted by atomic mass is 16.5. The monoisotopic (exact) mass is 224 g/mol. The van der Waals surface area contributed by atoms with Crippen molar-refractivity contribution in [2.24, 2.45) is 0 Å². The number of ether oxygens (including phenoxy) is 1. The van der Waals surface area contributed by atoms with Crippen LogP contribution in [0.5, 0.6) is 0 Å². The number of hydrogen-bond donors (Lipinski definition) is 1. The summed E-state index contributed by atoms with van der Waals surface area (Å²) in [6, 6.07) is 1.98. The molecule has 1 aromatic heterocycles. The SMILES string of the molecule is COCCNCCN(C)c1cc(C)ncn1. The molecule has 0 bridgehead atoms. The standard InChI is InChI=1S/C11H20N4O/c1-10-8-11(14-9-13-10)15(2)6-4-12-5-7-16-3/h8-9,12H,4-7H2,1-3H3. The molecule has 5 nitrogen and oxygen atoms in total. The van der Waals surface area contributed by atoms with Crippen molar-refractivity contribution in [3.63, 3.8) is 0 Å². The molecule has 1 N–H and O–H groups in total. The van der Waals surface area contributed by atoms with Crippen molar-refractivity contribution in [3.05, 3.63) is 18.1 Å². The van der Waals surface area contributed by atoms with Crippen LogP contribution in [0, 0.1) is 6.92 Å². The van der Waals surface area contributed by atoms with E-state index in [1.165, 1.54) is 0 Å². The maximum atomic E-state index is 4.95. The lowest BCUT2D eigenvalue weighted by Gasteiger charge is -2.18. The molecule has 1 aromatic rings. The number of likely N-dealkylation sites (N-methyl/N-ethyl adjacent to an activating group) is 1. The first-order valence-corrected chi connectivity index (χ1v) is 5.43. The Bertz CT molecular complexity index is 306. The Morgan fingerprint density at radius 3 is 2.88 bits per heavy atom. The summed E-state index contributed by atoms with van der Waals surface area (Å²) in [5, 5.41) is 3.29. The smallest absolute Gasteiger partial charge is 0.131 e. The van der Waals surface area contributed by atoms with Crippen LogP contribution in [0.25, 0.3) is 0 Å². The van der Waals surface area contributed by atoms with Gasteiger partial charge in [-0.25, -0.2) is 9.97 Å². The first-order valence-electron chi connectivity index (χ1n) is 5.43. The van der Waals surface area contributed by atoms with Gasteiger partial charge in [-0.3, -0.25) is 0 Å². The van der Waals surface area contributed by atoms with Crippen molar-refractivity contribution in [2.75, 3.05) is 45.3 Å². The second-order valence-electron chi connectivity index (χ2n) is 3.68. The molecular formula is C11H20N4O. The van der Waals surface area contributed by atoms with E-state index in [0.717, 1.165) is 37.8 Å². The van der Waals surface area contributed by atoms with E-state index >= 15 is 0 Å². The maximum Gasteiger partial charge on any atom is 0.131 e.